The first-order chi connectivity index (χ1) is 17.6. The van der Waals surface area contributed by atoms with Gasteiger partial charge in [0.05, 0.1) is 11.0 Å². The van der Waals surface area contributed by atoms with Gasteiger partial charge in [0.25, 0.3) is 0 Å². The van der Waals surface area contributed by atoms with Crippen LogP contribution in [0.25, 0.3) is 11.0 Å². The smallest absolute Gasteiger partial charge is 0.243 e. The molecule has 5 nitrogen and oxygen atoms in total. The van der Waals surface area contributed by atoms with E-state index >= 15 is 0 Å². The number of ether oxygens (including phenoxy) is 1. The highest BCUT2D eigenvalue weighted by molar-refractivity contribution is 5.85. The van der Waals surface area contributed by atoms with Gasteiger partial charge in [0.1, 0.15) is 18.0 Å². The molecule has 2 aliphatic carbocycles. The Balaban J connectivity index is 1.66. The average molecular weight is 496 g/mol. The van der Waals surface area contributed by atoms with Crippen LogP contribution in [-0.2, 0) is 9.53 Å². The third kappa shape index (κ3) is 5.03. The van der Waals surface area contributed by atoms with Crippen molar-refractivity contribution in [1.29, 1.82) is 0 Å². The zero-order chi connectivity index (χ0) is 25.1. The lowest BCUT2D eigenvalue weighted by molar-refractivity contribution is -0.127. The Hall–Kier alpha value is -2.80. The van der Waals surface area contributed by atoms with Crippen LogP contribution in [0.4, 0.5) is 8.78 Å². The lowest BCUT2D eigenvalue weighted by Crippen LogP contribution is -2.44. The minimum atomic E-state index is -0.951. The van der Waals surface area contributed by atoms with Crippen molar-refractivity contribution in [2.45, 2.75) is 82.4 Å². The van der Waals surface area contributed by atoms with Crippen molar-refractivity contribution in [3.05, 3.63) is 65.5 Å². The molecule has 2 aliphatic rings. The van der Waals surface area contributed by atoms with Crippen LogP contribution in [-0.4, -0.2) is 28.6 Å². The summed E-state index contributed by atoms with van der Waals surface area (Å²) in [6, 6.07) is 11.5. The number of methoxy groups -OCH3 is 1. The van der Waals surface area contributed by atoms with Crippen molar-refractivity contribution in [1.82, 2.24) is 14.9 Å². The monoisotopic (exact) mass is 495 g/mol. The number of amides is 1. The highest BCUT2D eigenvalue weighted by Gasteiger charge is 2.37. The summed E-state index contributed by atoms with van der Waals surface area (Å²) in [6.45, 7) is 0. The van der Waals surface area contributed by atoms with Gasteiger partial charge in [-0.1, -0.05) is 68.9 Å². The Bertz CT molecular complexity index is 1180. The fourth-order valence-corrected chi connectivity index (χ4v) is 6.13. The molecule has 0 spiro atoms. The zero-order valence-corrected chi connectivity index (χ0v) is 20.9. The van der Waals surface area contributed by atoms with Crippen molar-refractivity contribution in [2.75, 3.05) is 7.11 Å². The first-order valence-electron chi connectivity index (χ1n) is 13.3. The maximum Gasteiger partial charge on any atom is 0.243 e. The molecule has 2 fully saturated rings. The summed E-state index contributed by atoms with van der Waals surface area (Å²) in [5, 5.41) is 3.32. The van der Waals surface area contributed by atoms with Crippen molar-refractivity contribution in [2.24, 2.45) is 5.92 Å². The Labute approximate surface area is 211 Å². The van der Waals surface area contributed by atoms with Crippen LogP contribution in [0, 0.1) is 17.6 Å². The first kappa shape index (κ1) is 24.9. The summed E-state index contributed by atoms with van der Waals surface area (Å²) in [4.78, 5) is 18.8. The lowest BCUT2D eigenvalue weighted by Gasteiger charge is -2.34. The Morgan fingerprint density at radius 3 is 2.28 bits per heavy atom. The van der Waals surface area contributed by atoms with E-state index in [1.165, 1.54) is 12.5 Å². The van der Waals surface area contributed by atoms with Crippen LogP contribution in [0.2, 0.25) is 0 Å². The second kappa shape index (κ2) is 11.1. The van der Waals surface area contributed by atoms with Gasteiger partial charge in [-0.2, -0.15) is 0 Å². The van der Waals surface area contributed by atoms with E-state index in [0.717, 1.165) is 69.4 Å². The van der Waals surface area contributed by atoms with E-state index in [9.17, 15) is 13.6 Å². The predicted molar refractivity (Wildman–Crippen MR) is 136 cm³/mol. The second-order valence-electron chi connectivity index (χ2n) is 10.3. The van der Waals surface area contributed by atoms with Gasteiger partial charge >= 0.3 is 0 Å². The van der Waals surface area contributed by atoms with Gasteiger partial charge < -0.3 is 14.6 Å². The molecule has 1 heterocycles. The number of aromatic nitrogens is 2. The molecular formula is C29H35F2N3O2. The normalized spacial score (nSPS) is 19.3. The molecule has 0 unspecified atom stereocenters. The van der Waals surface area contributed by atoms with E-state index in [1.807, 2.05) is 34.9 Å². The van der Waals surface area contributed by atoms with Gasteiger partial charge in [-0.3, -0.25) is 4.79 Å². The van der Waals surface area contributed by atoms with Crippen molar-refractivity contribution in [3.8, 4) is 0 Å². The van der Waals surface area contributed by atoms with E-state index < -0.39 is 23.8 Å². The molecule has 36 heavy (non-hydrogen) atoms. The van der Waals surface area contributed by atoms with Crippen LogP contribution in [0.1, 0.15) is 87.7 Å². The van der Waals surface area contributed by atoms with E-state index in [4.69, 9.17) is 9.72 Å². The molecule has 2 saturated carbocycles. The van der Waals surface area contributed by atoms with E-state index in [2.05, 4.69) is 5.32 Å². The highest BCUT2D eigenvalue weighted by Crippen LogP contribution is 2.39. The number of nitrogens with zero attached hydrogens (tertiary/aromatic N) is 2. The first-order valence-corrected chi connectivity index (χ1v) is 13.3. The van der Waals surface area contributed by atoms with Crippen LogP contribution in [0.3, 0.4) is 0 Å². The van der Waals surface area contributed by atoms with Crippen LogP contribution in [0.5, 0.6) is 0 Å². The molecule has 1 aromatic heterocycles. The number of hydrogen-bond donors (Lipinski definition) is 1. The summed E-state index contributed by atoms with van der Waals surface area (Å²) >= 11 is 0. The zero-order valence-electron chi connectivity index (χ0n) is 20.9. The molecule has 3 aromatic rings. The summed E-state index contributed by atoms with van der Waals surface area (Å²) in [7, 11) is 1.60. The summed E-state index contributed by atoms with van der Waals surface area (Å²) in [6.07, 6.45) is 9.87. The Morgan fingerprint density at radius 2 is 1.61 bits per heavy atom. The fourth-order valence-electron chi connectivity index (χ4n) is 6.13. The summed E-state index contributed by atoms with van der Waals surface area (Å²) in [5.74, 6) is -1.37. The second-order valence-corrected chi connectivity index (χ2v) is 10.3. The van der Waals surface area contributed by atoms with Gasteiger partial charge in [0.15, 0.2) is 11.6 Å². The average Bonchev–Trinajstić information content (AvgIpc) is 3.24. The Morgan fingerprint density at radius 1 is 0.972 bits per heavy atom. The van der Waals surface area contributed by atoms with E-state index in [0.29, 0.717) is 16.9 Å². The maximum absolute atomic E-state index is 14.6. The molecule has 192 valence electrons. The van der Waals surface area contributed by atoms with Crippen molar-refractivity contribution >= 4 is 16.9 Å². The van der Waals surface area contributed by atoms with Gasteiger partial charge in [0, 0.05) is 25.3 Å². The molecule has 0 bridgehead atoms. The topological polar surface area (TPSA) is 56.2 Å². The molecule has 5 rings (SSSR count). The molecule has 0 aliphatic heterocycles. The molecule has 2 atom stereocenters. The largest absolute Gasteiger partial charge is 0.369 e. The summed E-state index contributed by atoms with van der Waals surface area (Å²) in [5.41, 5.74) is 1.62. The number of carbonyl (C=O) groups is 1. The van der Waals surface area contributed by atoms with Gasteiger partial charge in [-0.05, 0) is 37.2 Å². The number of carbonyl (C=O) groups excluding carboxylic acids is 1. The number of benzene rings is 2. The molecule has 2 aromatic carbocycles. The maximum atomic E-state index is 14.6. The minimum Gasteiger partial charge on any atom is -0.369 e. The molecule has 0 saturated heterocycles. The number of imidazole rings is 1. The molecular weight excluding hydrogens is 460 g/mol. The quantitative estimate of drug-likeness (QED) is 0.401. The summed E-state index contributed by atoms with van der Waals surface area (Å²) < 4.78 is 36.6. The third-order valence-corrected chi connectivity index (χ3v) is 7.93. The minimum absolute atomic E-state index is 0.0537. The number of rotatable bonds is 7. The van der Waals surface area contributed by atoms with E-state index in [1.54, 1.807) is 7.11 Å². The molecule has 1 amide bonds. The molecule has 0 radical (unpaired) electrons. The van der Waals surface area contributed by atoms with E-state index in [-0.39, 0.29) is 17.9 Å². The SMILES string of the molecule is CO[C@H](c1ccccc1)c1nc2cc(F)c(F)cc2n1[C@H](C(=O)NC1CCCCC1)C1CCCCC1. The fraction of sp³-hybridized carbons (Fsp3) is 0.517. The molecule has 1 N–H and O–H groups in total. The number of fused-ring (bicyclic) bond motifs is 1. The number of hydrogen-bond acceptors (Lipinski definition) is 3. The number of nitrogens with one attached hydrogen (secondary N) is 1. The Kier molecular flexibility index (Phi) is 7.65. The lowest BCUT2D eigenvalue weighted by atomic mass is 9.82. The van der Waals surface area contributed by atoms with Gasteiger partial charge in [-0.25, -0.2) is 13.8 Å². The molecule has 7 heteroatoms. The third-order valence-electron chi connectivity index (χ3n) is 7.93. The van der Waals surface area contributed by atoms with Crippen molar-refractivity contribution in [3.63, 3.8) is 0 Å². The highest BCUT2D eigenvalue weighted by atomic mass is 19.2. The van der Waals surface area contributed by atoms with Crippen LogP contribution >= 0.6 is 0 Å². The van der Waals surface area contributed by atoms with Gasteiger partial charge in [-0.15, -0.1) is 0 Å². The number of halogens is 2. The van der Waals surface area contributed by atoms with Gasteiger partial charge in [0.2, 0.25) is 5.91 Å². The standard InChI is InChI=1S/C29H35F2N3O2/c1-36-27(20-13-7-3-8-14-20)28-33-24-17-22(30)23(31)18-25(24)34(28)26(19-11-5-2-6-12-19)29(35)32-21-15-9-4-10-16-21/h3,7-8,13-14,17-19,21,26-27H,2,4-6,9-12,15-16H2,1H3,(H,32,35)/t26-,27+/m0/s1. The van der Waals surface area contributed by atoms with Crippen LogP contribution in [0.15, 0.2) is 42.5 Å². The van der Waals surface area contributed by atoms with Crippen molar-refractivity contribution < 1.29 is 18.3 Å². The predicted octanol–water partition coefficient (Wildman–Crippen LogP) is 6.62. The van der Waals surface area contributed by atoms with Crippen LogP contribution < -0.4 is 5.32 Å².